The summed E-state index contributed by atoms with van der Waals surface area (Å²) in [5.41, 5.74) is 2.37. The fourth-order valence-corrected chi connectivity index (χ4v) is 3.79. The van der Waals surface area contributed by atoms with Crippen molar-refractivity contribution in [3.63, 3.8) is 0 Å². The first-order valence-electron chi connectivity index (χ1n) is 8.19. The lowest BCUT2D eigenvalue weighted by molar-refractivity contribution is -0.143. The van der Waals surface area contributed by atoms with Crippen molar-refractivity contribution in [2.75, 3.05) is 26.4 Å². The summed E-state index contributed by atoms with van der Waals surface area (Å²) in [6, 6.07) is -1.40. The van der Waals surface area contributed by atoms with Gasteiger partial charge in [0.15, 0.2) is 5.78 Å². The molecule has 3 N–H and O–H groups in total. The number of piperidine rings is 2. The number of carbonyl (C=O) groups is 2. The second kappa shape index (κ2) is 7.61. The van der Waals surface area contributed by atoms with Gasteiger partial charge >= 0.3 is 10.4 Å². The molecule has 142 valence electrons. The Morgan fingerprint density at radius 1 is 1.40 bits per heavy atom. The highest BCUT2D eigenvalue weighted by molar-refractivity contribution is 7.80. The van der Waals surface area contributed by atoms with Crippen molar-refractivity contribution in [2.24, 2.45) is 0 Å². The summed E-state index contributed by atoms with van der Waals surface area (Å²) < 4.78 is 34.9. The van der Waals surface area contributed by atoms with E-state index < -0.39 is 28.4 Å². The molecule has 3 aliphatic heterocycles. The zero-order valence-corrected chi connectivity index (χ0v) is 14.4. The van der Waals surface area contributed by atoms with Crippen molar-refractivity contribution in [3.8, 4) is 0 Å². The van der Waals surface area contributed by atoms with Gasteiger partial charge in [0.05, 0.1) is 19.3 Å². The fraction of sp³-hybridized carbons (Fsp3) is 0.846. The predicted octanol–water partition coefficient (Wildman–Crippen LogP) is -1.80. The molecule has 0 saturated carbocycles. The summed E-state index contributed by atoms with van der Waals surface area (Å²) in [4.78, 5) is 31.3. The molecule has 3 saturated heterocycles. The minimum Gasteiger partial charge on any atom is -0.312 e. The van der Waals surface area contributed by atoms with E-state index in [1.165, 1.54) is 0 Å². The maximum atomic E-state index is 12.3. The number of ketones is 1. The van der Waals surface area contributed by atoms with E-state index in [1.54, 1.807) is 4.90 Å². The number of nitrogens with zero attached hydrogens (tertiary/aromatic N) is 2. The molecule has 0 aliphatic carbocycles. The van der Waals surface area contributed by atoms with E-state index >= 15 is 0 Å². The molecule has 1 amide bonds. The van der Waals surface area contributed by atoms with Gasteiger partial charge in [-0.15, -0.1) is 5.06 Å². The number of nitrogens with one attached hydrogen (secondary N) is 2. The summed E-state index contributed by atoms with van der Waals surface area (Å²) in [6.45, 7) is 1.33. The Balaban J connectivity index is 1.51. The standard InChI is InChI=1S/C13H22N4O7S/c18-12-5-10(13(19)15-23-7-9-3-1-2-4-14-9)16-6-11(12)17(8-16)24-25(20,21)22/h9-11,14H,1-8H2,(H,15,19)(H,20,21,22). The summed E-state index contributed by atoms with van der Waals surface area (Å²) in [7, 11) is -4.72. The van der Waals surface area contributed by atoms with Crippen molar-refractivity contribution in [3.05, 3.63) is 0 Å². The maximum absolute atomic E-state index is 12.3. The van der Waals surface area contributed by atoms with Gasteiger partial charge in [-0.3, -0.25) is 23.9 Å². The van der Waals surface area contributed by atoms with E-state index in [9.17, 15) is 18.0 Å². The van der Waals surface area contributed by atoms with Gasteiger partial charge in [0.1, 0.15) is 6.04 Å². The third kappa shape index (κ3) is 4.73. The number of hydroxylamine groups is 3. The zero-order chi connectivity index (χ0) is 18.0. The van der Waals surface area contributed by atoms with Crippen molar-refractivity contribution in [1.29, 1.82) is 0 Å². The largest absolute Gasteiger partial charge is 0.413 e. The van der Waals surface area contributed by atoms with Crippen LogP contribution in [0, 0.1) is 0 Å². The number of Topliss-reactive ketones (excluding diaryl/α,β-unsaturated/α-hetero) is 1. The van der Waals surface area contributed by atoms with Gasteiger partial charge in [-0.1, -0.05) is 6.42 Å². The third-order valence-electron chi connectivity index (χ3n) is 4.65. The highest BCUT2D eigenvalue weighted by atomic mass is 32.3. The van der Waals surface area contributed by atoms with Crippen LogP contribution in [0.3, 0.4) is 0 Å². The minimum absolute atomic E-state index is 0.0765. The quantitative estimate of drug-likeness (QED) is 0.358. The van der Waals surface area contributed by atoms with E-state index in [0.29, 0.717) is 6.61 Å². The van der Waals surface area contributed by atoms with Crippen LogP contribution in [0.1, 0.15) is 25.7 Å². The predicted molar refractivity (Wildman–Crippen MR) is 83.0 cm³/mol. The third-order valence-corrected chi connectivity index (χ3v) is 5.03. The Morgan fingerprint density at radius 3 is 2.88 bits per heavy atom. The SMILES string of the molecule is O=C(NOCC1CCCCN1)C1CC(=O)C2CN1CN2OS(=O)(=O)O. The average molecular weight is 378 g/mol. The molecule has 4 atom stereocenters. The van der Waals surface area contributed by atoms with Crippen LogP contribution in [0.15, 0.2) is 0 Å². The van der Waals surface area contributed by atoms with Crippen molar-refractivity contribution < 1.29 is 31.7 Å². The molecule has 0 spiro atoms. The van der Waals surface area contributed by atoms with Crippen molar-refractivity contribution >= 4 is 22.1 Å². The highest BCUT2D eigenvalue weighted by Crippen LogP contribution is 2.26. The van der Waals surface area contributed by atoms with Gasteiger partial charge < -0.3 is 5.32 Å². The molecule has 2 bridgehead atoms. The van der Waals surface area contributed by atoms with Crippen LogP contribution < -0.4 is 10.8 Å². The topological polar surface area (TPSA) is 138 Å². The number of amides is 1. The molecular weight excluding hydrogens is 356 g/mol. The Kier molecular flexibility index (Phi) is 5.68. The van der Waals surface area contributed by atoms with E-state index in [4.69, 9.17) is 9.39 Å². The minimum atomic E-state index is -4.72. The molecule has 3 aliphatic rings. The van der Waals surface area contributed by atoms with Gasteiger partial charge in [0, 0.05) is 19.0 Å². The average Bonchev–Trinajstić information content (AvgIpc) is 2.89. The normalized spacial score (nSPS) is 33.4. The molecule has 12 heteroatoms. The lowest BCUT2D eigenvalue weighted by atomic mass is 9.99. The van der Waals surface area contributed by atoms with Crippen molar-refractivity contribution in [2.45, 2.75) is 43.8 Å². The monoisotopic (exact) mass is 378 g/mol. The molecule has 3 fully saturated rings. The van der Waals surface area contributed by atoms with Gasteiger partial charge in [-0.2, -0.15) is 12.7 Å². The first-order valence-corrected chi connectivity index (χ1v) is 9.55. The van der Waals surface area contributed by atoms with E-state index in [-0.39, 0.29) is 31.5 Å². The first-order chi connectivity index (χ1) is 11.8. The number of hydrogen-bond donors (Lipinski definition) is 3. The van der Waals surface area contributed by atoms with Crippen LogP contribution in [0.5, 0.6) is 0 Å². The Labute approximate surface area is 145 Å². The summed E-state index contributed by atoms with van der Waals surface area (Å²) >= 11 is 0. The highest BCUT2D eigenvalue weighted by Gasteiger charge is 2.48. The first kappa shape index (κ1) is 18.6. The van der Waals surface area contributed by atoms with E-state index in [0.717, 1.165) is 30.9 Å². The number of fused-ring (bicyclic) bond motifs is 2. The van der Waals surface area contributed by atoms with Crippen LogP contribution in [-0.2, 0) is 29.1 Å². The van der Waals surface area contributed by atoms with Crippen molar-refractivity contribution in [1.82, 2.24) is 20.8 Å². The summed E-state index contributed by atoms with van der Waals surface area (Å²) in [5, 5.41) is 4.16. The zero-order valence-electron chi connectivity index (χ0n) is 13.6. The molecule has 0 aromatic carbocycles. The smallest absolute Gasteiger partial charge is 0.312 e. The molecule has 25 heavy (non-hydrogen) atoms. The Bertz CT molecular complexity index is 622. The van der Waals surface area contributed by atoms with Crippen LogP contribution in [0.4, 0.5) is 0 Å². The second-order valence-electron chi connectivity index (χ2n) is 6.46. The maximum Gasteiger partial charge on any atom is 0.413 e. The summed E-state index contributed by atoms with van der Waals surface area (Å²) in [6.07, 6.45) is 3.15. The van der Waals surface area contributed by atoms with Crippen LogP contribution in [-0.4, -0.2) is 79.1 Å². The number of rotatable bonds is 6. The van der Waals surface area contributed by atoms with Gasteiger partial charge in [-0.25, -0.2) is 5.48 Å². The molecule has 4 unspecified atom stereocenters. The fourth-order valence-electron chi connectivity index (χ4n) is 3.40. The molecule has 0 radical (unpaired) electrons. The molecule has 0 aromatic heterocycles. The van der Waals surface area contributed by atoms with E-state index in [2.05, 4.69) is 15.1 Å². The van der Waals surface area contributed by atoms with Crippen LogP contribution in [0.2, 0.25) is 0 Å². The van der Waals surface area contributed by atoms with Gasteiger partial charge in [0.25, 0.3) is 5.91 Å². The van der Waals surface area contributed by atoms with Gasteiger partial charge in [0.2, 0.25) is 0 Å². The molecule has 3 heterocycles. The van der Waals surface area contributed by atoms with Crippen LogP contribution in [0.25, 0.3) is 0 Å². The molecule has 3 rings (SSSR count). The molecule has 11 nitrogen and oxygen atoms in total. The lowest BCUT2D eigenvalue weighted by Crippen LogP contribution is -2.52. The van der Waals surface area contributed by atoms with E-state index in [1.807, 2.05) is 0 Å². The number of hydrogen-bond acceptors (Lipinski definition) is 9. The van der Waals surface area contributed by atoms with Crippen LogP contribution >= 0.6 is 0 Å². The molecule has 0 aromatic rings. The Morgan fingerprint density at radius 2 is 2.20 bits per heavy atom. The molecular formula is C13H22N4O7S. The Hall–Kier alpha value is -1.15. The summed E-state index contributed by atoms with van der Waals surface area (Å²) in [5.74, 6) is -0.789. The second-order valence-corrected chi connectivity index (χ2v) is 7.46. The number of carbonyl (C=O) groups excluding carboxylic acids is 2. The van der Waals surface area contributed by atoms with Gasteiger partial charge in [-0.05, 0) is 19.4 Å². The lowest BCUT2D eigenvalue weighted by Gasteiger charge is -2.29.